The molecule has 0 aliphatic heterocycles. The lowest BCUT2D eigenvalue weighted by atomic mass is 10.3. The quantitative estimate of drug-likeness (QED) is 0.717. The molecule has 0 aliphatic rings. The summed E-state index contributed by atoms with van der Waals surface area (Å²) in [6, 6.07) is 3.81. The van der Waals surface area contributed by atoms with E-state index in [0.717, 1.165) is 10.4 Å². The fourth-order valence-electron chi connectivity index (χ4n) is 2.03. The average Bonchev–Trinajstić information content (AvgIpc) is 2.83. The molecule has 0 fully saturated rings. The molecule has 1 amide bonds. The van der Waals surface area contributed by atoms with E-state index in [9.17, 15) is 14.4 Å². The Labute approximate surface area is 127 Å². The summed E-state index contributed by atoms with van der Waals surface area (Å²) < 4.78 is 2.54. The molecular formula is C13H11N5O3S. The van der Waals surface area contributed by atoms with E-state index in [1.807, 2.05) is 12.3 Å². The number of thiazole rings is 1. The van der Waals surface area contributed by atoms with Gasteiger partial charge in [-0.15, -0.1) is 11.3 Å². The van der Waals surface area contributed by atoms with Crippen molar-refractivity contribution in [2.75, 3.05) is 0 Å². The van der Waals surface area contributed by atoms with Crippen LogP contribution in [0.2, 0.25) is 0 Å². The topological polar surface area (TPSA) is 112 Å². The van der Waals surface area contributed by atoms with Crippen molar-refractivity contribution in [1.82, 2.24) is 19.2 Å². The maximum atomic E-state index is 12.1. The molecule has 3 aromatic heterocycles. The number of nitrogens with zero attached hydrogens (tertiary/aromatic N) is 4. The number of nitrogens with two attached hydrogens (primary N) is 1. The lowest BCUT2D eigenvalue weighted by molar-refractivity contribution is 0.0993. The van der Waals surface area contributed by atoms with Gasteiger partial charge < -0.3 is 5.73 Å². The second-order valence-corrected chi connectivity index (χ2v) is 5.50. The molecule has 3 rings (SSSR count). The number of primary amides is 1. The van der Waals surface area contributed by atoms with Crippen molar-refractivity contribution in [3.63, 3.8) is 0 Å². The third kappa shape index (κ3) is 2.42. The molecule has 0 bridgehead atoms. The number of hydrogen-bond donors (Lipinski definition) is 1. The van der Waals surface area contributed by atoms with Crippen LogP contribution in [0, 0.1) is 6.92 Å². The molecule has 0 atom stereocenters. The van der Waals surface area contributed by atoms with E-state index in [0.29, 0.717) is 10.7 Å². The molecule has 0 radical (unpaired) electrons. The predicted octanol–water partition coefficient (Wildman–Crippen LogP) is -0.232. The maximum Gasteiger partial charge on any atom is 0.269 e. The monoisotopic (exact) mass is 317 g/mol. The van der Waals surface area contributed by atoms with Crippen molar-refractivity contribution in [3.05, 3.63) is 61.4 Å². The minimum Gasteiger partial charge on any atom is -0.364 e. The van der Waals surface area contributed by atoms with E-state index in [1.165, 1.54) is 33.9 Å². The number of aromatic nitrogens is 4. The fraction of sp³-hybridized carbons (Fsp3) is 0.154. The zero-order chi connectivity index (χ0) is 15.9. The minimum atomic E-state index is -0.730. The molecule has 112 valence electrons. The van der Waals surface area contributed by atoms with Crippen molar-refractivity contribution < 1.29 is 4.79 Å². The highest BCUT2D eigenvalue weighted by Gasteiger charge is 2.10. The van der Waals surface area contributed by atoms with Crippen molar-refractivity contribution in [2.24, 2.45) is 5.73 Å². The SMILES string of the molecule is Cc1csc2nc(Cn3nc(C(N)=O)ccc3=O)cc(=O)n12. The van der Waals surface area contributed by atoms with Crippen LogP contribution in [0.1, 0.15) is 21.9 Å². The summed E-state index contributed by atoms with van der Waals surface area (Å²) >= 11 is 1.34. The molecule has 0 saturated carbocycles. The van der Waals surface area contributed by atoms with Gasteiger partial charge in [-0.2, -0.15) is 5.10 Å². The van der Waals surface area contributed by atoms with E-state index in [4.69, 9.17) is 5.73 Å². The lowest BCUT2D eigenvalue weighted by Gasteiger charge is -2.05. The number of rotatable bonds is 3. The lowest BCUT2D eigenvalue weighted by Crippen LogP contribution is -2.27. The van der Waals surface area contributed by atoms with Gasteiger partial charge in [0.2, 0.25) is 0 Å². The van der Waals surface area contributed by atoms with Crippen molar-refractivity contribution in [2.45, 2.75) is 13.5 Å². The van der Waals surface area contributed by atoms with Crippen LogP contribution in [0.4, 0.5) is 0 Å². The molecule has 0 aliphatic carbocycles. The smallest absolute Gasteiger partial charge is 0.269 e. The van der Waals surface area contributed by atoms with Crippen LogP contribution in [0.15, 0.2) is 33.2 Å². The van der Waals surface area contributed by atoms with Crippen molar-refractivity contribution >= 4 is 22.2 Å². The van der Waals surface area contributed by atoms with E-state index < -0.39 is 11.5 Å². The van der Waals surface area contributed by atoms with Crippen LogP contribution in [0.5, 0.6) is 0 Å². The Bertz CT molecular complexity index is 1000. The number of aryl methyl sites for hydroxylation is 1. The summed E-state index contributed by atoms with van der Waals surface area (Å²) in [5.74, 6) is -0.730. The van der Waals surface area contributed by atoms with Gasteiger partial charge in [0, 0.05) is 23.2 Å². The average molecular weight is 317 g/mol. The zero-order valence-electron chi connectivity index (χ0n) is 11.5. The molecule has 9 heteroatoms. The number of amides is 1. The maximum absolute atomic E-state index is 12.1. The van der Waals surface area contributed by atoms with Crippen LogP contribution in [-0.2, 0) is 6.54 Å². The first kappa shape index (κ1) is 14.1. The van der Waals surface area contributed by atoms with E-state index in [1.54, 1.807) is 0 Å². The number of fused-ring (bicyclic) bond motifs is 1. The third-order valence-electron chi connectivity index (χ3n) is 3.06. The molecule has 0 spiro atoms. The molecule has 8 nitrogen and oxygen atoms in total. The highest BCUT2D eigenvalue weighted by molar-refractivity contribution is 7.15. The van der Waals surface area contributed by atoms with Crippen LogP contribution in [0.3, 0.4) is 0 Å². The minimum absolute atomic E-state index is 0.0113. The third-order valence-corrected chi connectivity index (χ3v) is 4.00. The highest BCUT2D eigenvalue weighted by atomic mass is 32.1. The van der Waals surface area contributed by atoms with Gasteiger partial charge in [-0.05, 0) is 13.0 Å². The normalized spacial score (nSPS) is 11.0. The number of carbonyl (C=O) groups excluding carboxylic acids is 1. The van der Waals surface area contributed by atoms with E-state index >= 15 is 0 Å². The molecule has 22 heavy (non-hydrogen) atoms. The zero-order valence-corrected chi connectivity index (χ0v) is 12.3. The first-order valence-electron chi connectivity index (χ1n) is 6.30. The predicted molar refractivity (Wildman–Crippen MR) is 80.2 cm³/mol. The van der Waals surface area contributed by atoms with Gasteiger partial charge in [-0.1, -0.05) is 0 Å². The largest absolute Gasteiger partial charge is 0.364 e. The van der Waals surface area contributed by atoms with Gasteiger partial charge in [0.1, 0.15) is 5.69 Å². The van der Waals surface area contributed by atoms with Gasteiger partial charge in [0.15, 0.2) is 4.96 Å². The van der Waals surface area contributed by atoms with Crippen LogP contribution >= 0.6 is 11.3 Å². The molecular weight excluding hydrogens is 306 g/mol. The van der Waals surface area contributed by atoms with Crippen LogP contribution in [0.25, 0.3) is 4.96 Å². The summed E-state index contributed by atoms with van der Waals surface area (Å²) in [4.78, 5) is 39.9. The van der Waals surface area contributed by atoms with Crippen LogP contribution in [-0.4, -0.2) is 25.1 Å². The second kappa shape index (κ2) is 5.19. The van der Waals surface area contributed by atoms with Gasteiger partial charge in [-0.3, -0.25) is 18.8 Å². The molecule has 0 saturated heterocycles. The Balaban J connectivity index is 2.07. The first-order valence-corrected chi connectivity index (χ1v) is 7.18. The Hall–Kier alpha value is -2.81. The summed E-state index contributed by atoms with van der Waals surface area (Å²) in [7, 11) is 0. The molecule has 0 unspecified atom stereocenters. The Morgan fingerprint density at radius 3 is 2.82 bits per heavy atom. The van der Waals surface area contributed by atoms with Gasteiger partial charge in [-0.25, -0.2) is 9.67 Å². The Kier molecular flexibility index (Phi) is 3.33. The van der Waals surface area contributed by atoms with E-state index in [-0.39, 0.29) is 17.8 Å². The second-order valence-electron chi connectivity index (χ2n) is 4.66. The Morgan fingerprint density at radius 2 is 2.09 bits per heavy atom. The van der Waals surface area contributed by atoms with Crippen molar-refractivity contribution in [1.29, 1.82) is 0 Å². The summed E-state index contributed by atoms with van der Waals surface area (Å²) in [6.45, 7) is 1.80. The summed E-state index contributed by atoms with van der Waals surface area (Å²) in [5, 5.41) is 5.69. The first-order chi connectivity index (χ1) is 10.5. The molecule has 3 aromatic rings. The number of hydrogen-bond acceptors (Lipinski definition) is 6. The highest BCUT2D eigenvalue weighted by Crippen LogP contribution is 2.11. The molecule has 3 heterocycles. The van der Waals surface area contributed by atoms with Crippen LogP contribution < -0.4 is 16.9 Å². The summed E-state index contributed by atoms with van der Waals surface area (Å²) in [6.07, 6.45) is 0. The van der Waals surface area contributed by atoms with E-state index in [2.05, 4.69) is 10.1 Å². The molecule has 2 N–H and O–H groups in total. The summed E-state index contributed by atoms with van der Waals surface area (Å²) in [5.41, 5.74) is 5.68. The fourth-order valence-corrected chi connectivity index (χ4v) is 2.92. The standard InChI is InChI=1S/C13H11N5O3S/c1-7-6-22-13-15-8(4-11(20)18(7)13)5-17-10(19)3-2-9(16-17)12(14)21/h2-4,6H,5H2,1H3,(H2,14,21). The van der Waals surface area contributed by atoms with Gasteiger partial charge in [0.05, 0.1) is 12.2 Å². The Morgan fingerprint density at radius 1 is 1.32 bits per heavy atom. The molecule has 0 aromatic carbocycles. The van der Waals surface area contributed by atoms with Gasteiger partial charge >= 0.3 is 0 Å². The number of carbonyl (C=O) groups is 1. The van der Waals surface area contributed by atoms with Crippen molar-refractivity contribution in [3.8, 4) is 0 Å². The van der Waals surface area contributed by atoms with Gasteiger partial charge in [0.25, 0.3) is 17.0 Å².